The smallest absolute Gasteiger partial charge is 0.125 e. The van der Waals surface area contributed by atoms with Crippen LogP contribution in [0.25, 0.3) is 0 Å². The summed E-state index contributed by atoms with van der Waals surface area (Å²) in [5, 5.41) is 0. The summed E-state index contributed by atoms with van der Waals surface area (Å²) in [5.74, 6) is 0.847. The van der Waals surface area contributed by atoms with Crippen LogP contribution < -0.4 is 0 Å². The van der Waals surface area contributed by atoms with Crippen LogP contribution in [0.2, 0.25) is 0 Å². The Morgan fingerprint density at radius 1 is 1.47 bits per heavy atom. The van der Waals surface area contributed by atoms with E-state index in [0.717, 1.165) is 31.2 Å². The Morgan fingerprint density at radius 2 is 2.26 bits per heavy atom. The lowest BCUT2D eigenvalue weighted by molar-refractivity contribution is -0.00554. The van der Waals surface area contributed by atoms with Crippen LogP contribution in [0.15, 0.2) is 6.20 Å². The molecule has 0 spiro atoms. The molecular weight excluding hydrogens is 238 g/mol. The minimum atomic E-state index is 0.365. The van der Waals surface area contributed by atoms with Crippen LogP contribution in [0.3, 0.4) is 0 Å². The van der Waals surface area contributed by atoms with E-state index in [9.17, 15) is 0 Å². The molecule has 2 unspecified atom stereocenters. The fourth-order valence-electron chi connectivity index (χ4n) is 2.89. The molecule has 0 amide bonds. The minimum Gasteiger partial charge on any atom is -0.377 e. The van der Waals surface area contributed by atoms with Gasteiger partial charge in [0, 0.05) is 36.6 Å². The van der Waals surface area contributed by atoms with E-state index >= 15 is 0 Å². The molecule has 1 aliphatic rings. The van der Waals surface area contributed by atoms with E-state index in [1.807, 2.05) is 13.1 Å². The lowest BCUT2D eigenvalue weighted by Crippen LogP contribution is -2.41. The number of aromatic nitrogens is 2. The molecule has 0 saturated carbocycles. The lowest BCUT2D eigenvalue weighted by atomic mass is 10.0. The topological polar surface area (TPSA) is 38.2 Å². The Bertz CT molecular complexity index is 420. The highest BCUT2D eigenvalue weighted by atomic mass is 16.5. The van der Waals surface area contributed by atoms with Crippen molar-refractivity contribution in [2.24, 2.45) is 0 Å². The van der Waals surface area contributed by atoms with Crippen molar-refractivity contribution in [3.63, 3.8) is 0 Å². The molecule has 2 atom stereocenters. The maximum absolute atomic E-state index is 5.78. The highest BCUT2D eigenvalue weighted by molar-refractivity contribution is 5.20. The maximum atomic E-state index is 5.78. The molecule has 4 nitrogen and oxygen atoms in total. The third-order valence-corrected chi connectivity index (χ3v) is 3.95. The summed E-state index contributed by atoms with van der Waals surface area (Å²) in [5.41, 5.74) is 2.33. The van der Waals surface area contributed by atoms with Gasteiger partial charge in [-0.3, -0.25) is 4.90 Å². The van der Waals surface area contributed by atoms with Crippen LogP contribution in [0, 0.1) is 13.8 Å². The first-order chi connectivity index (χ1) is 9.11. The normalized spacial score (nSPS) is 22.4. The number of likely N-dealkylation sites (tertiary alicyclic amines) is 1. The van der Waals surface area contributed by atoms with Crippen molar-refractivity contribution in [3.8, 4) is 0 Å². The predicted molar refractivity (Wildman–Crippen MR) is 76.1 cm³/mol. The van der Waals surface area contributed by atoms with Gasteiger partial charge in [-0.15, -0.1) is 0 Å². The van der Waals surface area contributed by atoms with Gasteiger partial charge >= 0.3 is 0 Å². The largest absolute Gasteiger partial charge is 0.377 e. The summed E-state index contributed by atoms with van der Waals surface area (Å²) >= 11 is 0. The summed E-state index contributed by atoms with van der Waals surface area (Å²) in [4.78, 5) is 11.3. The van der Waals surface area contributed by atoms with E-state index in [1.165, 1.54) is 18.4 Å². The molecule has 0 aromatic carbocycles. The fraction of sp³-hybridized carbons (Fsp3) is 0.733. The van der Waals surface area contributed by atoms with Crippen molar-refractivity contribution in [1.82, 2.24) is 14.9 Å². The third-order valence-electron chi connectivity index (χ3n) is 3.95. The zero-order chi connectivity index (χ0) is 13.8. The molecule has 1 fully saturated rings. The van der Waals surface area contributed by atoms with Gasteiger partial charge in [0.05, 0.1) is 6.10 Å². The van der Waals surface area contributed by atoms with E-state index in [0.29, 0.717) is 12.1 Å². The second kappa shape index (κ2) is 6.44. The van der Waals surface area contributed by atoms with Crippen LogP contribution in [-0.4, -0.2) is 40.7 Å². The number of ether oxygens (including phenoxy) is 1. The number of piperidine rings is 1. The molecule has 2 rings (SSSR count). The van der Waals surface area contributed by atoms with Crippen molar-refractivity contribution in [1.29, 1.82) is 0 Å². The van der Waals surface area contributed by atoms with E-state index < -0.39 is 0 Å². The SMILES string of the molecule is CCOC1CCCN(C(C)c2cnc(C)nc2C)C1. The van der Waals surface area contributed by atoms with Crippen molar-refractivity contribution in [3.05, 3.63) is 23.3 Å². The summed E-state index contributed by atoms with van der Waals surface area (Å²) in [6.45, 7) is 11.3. The quantitative estimate of drug-likeness (QED) is 0.837. The van der Waals surface area contributed by atoms with Crippen molar-refractivity contribution in [2.75, 3.05) is 19.7 Å². The zero-order valence-corrected chi connectivity index (χ0v) is 12.5. The van der Waals surface area contributed by atoms with Crippen LogP contribution in [0.1, 0.15) is 49.8 Å². The Morgan fingerprint density at radius 3 is 2.95 bits per heavy atom. The van der Waals surface area contributed by atoms with Gasteiger partial charge in [-0.1, -0.05) is 0 Å². The Balaban J connectivity index is 2.07. The van der Waals surface area contributed by atoms with Gasteiger partial charge in [-0.2, -0.15) is 0 Å². The van der Waals surface area contributed by atoms with Gasteiger partial charge in [0.15, 0.2) is 0 Å². The van der Waals surface area contributed by atoms with Crippen LogP contribution in [0.4, 0.5) is 0 Å². The van der Waals surface area contributed by atoms with Crippen molar-refractivity contribution < 1.29 is 4.74 Å². The molecule has 0 N–H and O–H groups in total. The van der Waals surface area contributed by atoms with Gasteiger partial charge in [0.1, 0.15) is 5.82 Å². The average molecular weight is 263 g/mol. The highest BCUT2D eigenvalue weighted by Crippen LogP contribution is 2.26. The van der Waals surface area contributed by atoms with Crippen LogP contribution in [0.5, 0.6) is 0 Å². The number of rotatable bonds is 4. The standard InChI is InChI=1S/C15H25N3O/c1-5-19-14-7-6-8-18(10-14)12(3)15-9-16-13(4)17-11(15)2/h9,12,14H,5-8,10H2,1-4H3. The first kappa shape index (κ1) is 14.4. The Hall–Kier alpha value is -1.00. The predicted octanol–water partition coefficient (Wildman–Crippen LogP) is 2.66. The van der Waals surface area contributed by atoms with E-state index in [-0.39, 0.29) is 0 Å². The molecule has 106 valence electrons. The Labute approximate surface area is 116 Å². The van der Waals surface area contributed by atoms with Crippen molar-refractivity contribution >= 4 is 0 Å². The second-order valence-corrected chi connectivity index (χ2v) is 5.35. The van der Waals surface area contributed by atoms with Crippen LogP contribution in [-0.2, 0) is 4.74 Å². The molecule has 0 radical (unpaired) electrons. The zero-order valence-electron chi connectivity index (χ0n) is 12.5. The summed E-state index contributed by atoms with van der Waals surface area (Å²) in [7, 11) is 0. The van der Waals surface area contributed by atoms with Crippen LogP contribution >= 0.6 is 0 Å². The molecule has 1 saturated heterocycles. The van der Waals surface area contributed by atoms with E-state index in [4.69, 9.17) is 4.74 Å². The van der Waals surface area contributed by atoms with Gasteiger partial charge in [-0.25, -0.2) is 9.97 Å². The average Bonchev–Trinajstić information content (AvgIpc) is 2.39. The summed E-state index contributed by atoms with van der Waals surface area (Å²) < 4.78 is 5.78. The minimum absolute atomic E-state index is 0.365. The monoisotopic (exact) mass is 263 g/mol. The molecule has 2 heterocycles. The number of aryl methyl sites for hydroxylation is 2. The second-order valence-electron chi connectivity index (χ2n) is 5.35. The molecule has 1 aromatic rings. The molecule has 1 aromatic heterocycles. The highest BCUT2D eigenvalue weighted by Gasteiger charge is 2.25. The van der Waals surface area contributed by atoms with Gasteiger partial charge < -0.3 is 4.74 Å². The molecule has 0 aliphatic carbocycles. The molecule has 0 bridgehead atoms. The first-order valence-electron chi connectivity index (χ1n) is 7.27. The maximum Gasteiger partial charge on any atom is 0.125 e. The molecule has 4 heteroatoms. The van der Waals surface area contributed by atoms with Gasteiger partial charge in [-0.05, 0) is 47.1 Å². The molecular formula is C15H25N3O. The summed E-state index contributed by atoms with van der Waals surface area (Å²) in [6, 6.07) is 0.365. The van der Waals surface area contributed by atoms with Gasteiger partial charge in [0.2, 0.25) is 0 Å². The summed E-state index contributed by atoms with van der Waals surface area (Å²) in [6.07, 6.45) is 4.75. The number of hydrogen-bond acceptors (Lipinski definition) is 4. The third kappa shape index (κ3) is 3.51. The molecule has 1 aliphatic heterocycles. The van der Waals surface area contributed by atoms with E-state index in [2.05, 4.69) is 35.6 Å². The Kier molecular flexibility index (Phi) is 4.88. The number of nitrogens with zero attached hydrogens (tertiary/aromatic N) is 3. The first-order valence-corrected chi connectivity index (χ1v) is 7.27. The van der Waals surface area contributed by atoms with Crippen molar-refractivity contribution in [2.45, 2.75) is 52.7 Å². The fourth-order valence-corrected chi connectivity index (χ4v) is 2.89. The molecule has 19 heavy (non-hydrogen) atoms. The van der Waals surface area contributed by atoms with Gasteiger partial charge in [0.25, 0.3) is 0 Å². The number of hydrogen-bond donors (Lipinski definition) is 0. The van der Waals surface area contributed by atoms with E-state index in [1.54, 1.807) is 0 Å². The lowest BCUT2D eigenvalue weighted by Gasteiger charge is -2.36.